The van der Waals surface area contributed by atoms with Crippen LogP contribution in [0.5, 0.6) is 0 Å². The Morgan fingerprint density at radius 2 is 1.84 bits per heavy atom. The fourth-order valence-electron chi connectivity index (χ4n) is 2.18. The van der Waals surface area contributed by atoms with Crippen molar-refractivity contribution < 1.29 is 9.53 Å². The van der Waals surface area contributed by atoms with Gasteiger partial charge in [-0.15, -0.1) is 0 Å². The molecule has 4 heteroatoms. The molecule has 0 aromatic heterocycles. The number of hydrogen-bond acceptors (Lipinski definition) is 3. The molecular weight excluding hydrogens is 240 g/mol. The van der Waals surface area contributed by atoms with Gasteiger partial charge in [-0.1, -0.05) is 31.5 Å². The molecule has 0 N–H and O–H groups in total. The Balaban J connectivity index is 1.77. The fraction of sp³-hybridized carbons (Fsp3) is 0.533. The minimum Gasteiger partial charge on any atom is -0.449 e. The first-order chi connectivity index (χ1) is 9.31. The summed E-state index contributed by atoms with van der Waals surface area (Å²) in [5, 5.41) is 0. The monoisotopic (exact) mass is 262 g/mol. The Morgan fingerprint density at radius 1 is 1.16 bits per heavy atom. The van der Waals surface area contributed by atoms with E-state index < -0.39 is 0 Å². The molecule has 0 aliphatic carbocycles. The van der Waals surface area contributed by atoms with Gasteiger partial charge in [0.1, 0.15) is 0 Å². The van der Waals surface area contributed by atoms with Gasteiger partial charge in [-0.05, 0) is 18.6 Å². The first-order valence-electron chi connectivity index (χ1n) is 7.03. The third-order valence-electron chi connectivity index (χ3n) is 3.38. The van der Waals surface area contributed by atoms with Gasteiger partial charge in [-0.25, -0.2) is 4.79 Å². The lowest BCUT2D eigenvalue weighted by Crippen LogP contribution is -2.49. The molecular formula is C15H22N2O2. The van der Waals surface area contributed by atoms with Gasteiger partial charge < -0.3 is 14.5 Å². The predicted octanol–water partition coefficient (Wildman–Crippen LogP) is 2.75. The van der Waals surface area contributed by atoms with E-state index in [2.05, 4.69) is 24.0 Å². The quantitative estimate of drug-likeness (QED) is 0.782. The zero-order valence-electron chi connectivity index (χ0n) is 11.5. The van der Waals surface area contributed by atoms with Crippen LogP contribution in [-0.2, 0) is 4.74 Å². The first kappa shape index (κ1) is 13.7. The summed E-state index contributed by atoms with van der Waals surface area (Å²) in [4.78, 5) is 15.9. The van der Waals surface area contributed by atoms with Crippen LogP contribution < -0.4 is 4.90 Å². The average Bonchev–Trinajstić information content (AvgIpc) is 2.48. The van der Waals surface area contributed by atoms with E-state index in [4.69, 9.17) is 4.74 Å². The van der Waals surface area contributed by atoms with Crippen molar-refractivity contribution in [3.63, 3.8) is 0 Å². The molecule has 19 heavy (non-hydrogen) atoms. The van der Waals surface area contributed by atoms with Gasteiger partial charge >= 0.3 is 6.09 Å². The van der Waals surface area contributed by atoms with E-state index in [9.17, 15) is 4.79 Å². The second-order valence-electron chi connectivity index (χ2n) is 4.78. The van der Waals surface area contributed by atoms with Crippen molar-refractivity contribution in [2.45, 2.75) is 19.8 Å². The molecule has 1 aliphatic heterocycles. The van der Waals surface area contributed by atoms with Crippen LogP contribution in [0, 0.1) is 0 Å². The van der Waals surface area contributed by atoms with Crippen molar-refractivity contribution in [2.24, 2.45) is 0 Å². The van der Waals surface area contributed by atoms with E-state index in [1.54, 1.807) is 4.90 Å². The van der Waals surface area contributed by atoms with Crippen molar-refractivity contribution in [3.05, 3.63) is 30.3 Å². The zero-order chi connectivity index (χ0) is 13.5. The van der Waals surface area contributed by atoms with Gasteiger partial charge in [0.2, 0.25) is 0 Å². The number of nitrogens with zero attached hydrogens (tertiary/aromatic N) is 2. The number of hydrogen-bond donors (Lipinski definition) is 0. The van der Waals surface area contributed by atoms with E-state index in [-0.39, 0.29) is 6.09 Å². The third kappa shape index (κ3) is 3.88. The van der Waals surface area contributed by atoms with Crippen LogP contribution in [0.3, 0.4) is 0 Å². The minimum absolute atomic E-state index is 0.166. The van der Waals surface area contributed by atoms with Gasteiger partial charge in [0.25, 0.3) is 0 Å². The molecule has 1 aromatic rings. The van der Waals surface area contributed by atoms with Crippen molar-refractivity contribution in [1.82, 2.24) is 4.90 Å². The molecule has 0 unspecified atom stereocenters. The average molecular weight is 262 g/mol. The summed E-state index contributed by atoms with van der Waals surface area (Å²) >= 11 is 0. The normalized spacial score (nSPS) is 15.4. The molecule has 0 atom stereocenters. The maximum absolute atomic E-state index is 11.8. The lowest BCUT2D eigenvalue weighted by atomic mass is 10.2. The van der Waals surface area contributed by atoms with Crippen LogP contribution in [-0.4, -0.2) is 43.8 Å². The third-order valence-corrected chi connectivity index (χ3v) is 3.38. The highest BCUT2D eigenvalue weighted by Crippen LogP contribution is 2.15. The number of ether oxygens (including phenoxy) is 1. The Kier molecular flexibility index (Phi) is 5.07. The van der Waals surface area contributed by atoms with E-state index >= 15 is 0 Å². The fourth-order valence-corrected chi connectivity index (χ4v) is 2.18. The predicted molar refractivity (Wildman–Crippen MR) is 76.5 cm³/mol. The van der Waals surface area contributed by atoms with Crippen molar-refractivity contribution in [1.29, 1.82) is 0 Å². The second-order valence-corrected chi connectivity index (χ2v) is 4.78. The van der Waals surface area contributed by atoms with Crippen LogP contribution in [0.2, 0.25) is 0 Å². The number of para-hydroxylation sites is 1. The van der Waals surface area contributed by atoms with Crippen molar-refractivity contribution in [2.75, 3.05) is 37.7 Å². The van der Waals surface area contributed by atoms with E-state index in [1.807, 2.05) is 18.2 Å². The topological polar surface area (TPSA) is 32.8 Å². The number of unbranched alkanes of at least 4 members (excludes halogenated alkanes) is 1. The number of piperazine rings is 1. The molecule has 0 radical (unpaired) electrons. The molecule has 4 nitrogen and oxygen atoms in total. The molecule has 0 saturated carbocycles. The molecule has 1 amide bonds. The van der Waals surface area contributed by atoms with Gasteiger partial charge in [-0.2, -0.15) is 0 Å². The number of benzene rings is 1. The molecule has 1 aliphatic rings. The summed E-state index contributed by atoms with van der Waals surface area (Å²) in [7, 11) is 0. The Labute approximate surface area is 115 Å². The lowest BCUT2D eigenvalue weighted by Gasteiger charge is -2.35. The van der Waals surface area contributed by atoms with E-state index in [0.717, 1.165) is 39.0 Å². The zero-order valence-corrected chi connectivity index (χ0v) is 11.5. The highest BCUT2D eigenvalue weighted by Gasteiger charge is 2.21. The number of carbonyl (C=O) groups excluding carboxylic acids is 1. The number of rotatable bonds is 4. The van der Waals surface area contributed by atoms with Gasteiger partial charge in [-0.3, -0.25) is 0 Å². The van der Waals surface area contributed by atoms with Crippen LogP contribution in [0.25, 0.3) is 0 Å². The highest BCUT2D eigenvalue weighted by atomic mass is 16.6. The summed E-state index contributed by atoms with van der Waals surface area (Å²) < 4.78 is 5.23. The van der Waals surface area contributed by atoms with Gasteiger partial charge in [0.05, 0.1) is 6.61 Å². The highest BCUT2D eigenvalue weighted by molar-refractivity contribution is 5.68. The molecule has 2 rings (SSSR count). The molecule has 104 valence electrons. The summed E-state index contributed by atoms with van der Waals surface area (Å²) in [5.74, 6) is 0. The van der Waals surface area contributed by atoms with E-state index in [1.165, 1.54) is 5.69 Å². The first-order valence-corrected chi connectivity index (χ1v) is 7.03. The van der Waals surface area contributed by atoms with Crippen LogP contribution in [0.15, 0.2) is 30.3 Å². The number of amides is 1. The molecule has 0 bridgehead atoms. The smallest absolute Gasteiger partial charge is 0.409 e. The molecule has 1 heterocycles. The molecule has 1 fully saturated rings. The summed E-state index contributed by atoms with van der Waals surface area (Å²) in [6.07, 6.45) is 1.83. The van der Waals surface area contributed by atoms with Crippen LogP contribution >= 0.6 is 0 Å². The number of anilines is 1. The molecule has 1 aromatic carbocycles. The largest absolute Gasteiger partial charge is 0.449 e. The summed E-state index contributed by atoms with van der Waals surface area (Å²) in [5.41, 5.74) is 1.22. The molecule has 1 saturated heterocycles. The van der Waals surface area contributed by atoms with Crippen molar-refractivity contribution >= 4 is 11.8 Å². The number of carbonyl (C=O) groups is 1. The van der Waals surface area contributed by atoms with Crippen LogP contribution in [0.1, 0.15) is 19.8 Å². The Hall–Kier alpha value is -1.71. The lowest BCUT2D eigenvalue weighted by molar-refractivity contribution is 0.0989. The maximum Gasteiger partial charge on any atom is 0.409 e. The van der Waals surface area contributed by atoms with Crippen LogP contribution in [0.4, 0.5) is 10.5 Å². The Bertz CT molecular complexity index is 386. The minimum atomic E-state index is -0.166. The second kappa shape index (κ2) is 7.02. The summed E-state index contributed by atoms with van der Waals surface area (Å²) in [6, 6.07) is 10.3. The van der Waals surface area contributed by atoms with Crippen molar-refractivity contribution in [3.8, 4) is 0 Å². The van der Waals surface area contributed by atoms with E-state index in [0.29, 0.717) is 6.61 Å². The molecule has 0 spiro atoms. The SMILES string of the molecule is CCCCOC(=O)N1CCN(c2ccccc2)CC1. The summed E-state index contributed by atoms with van der Waals surface area (Å²) in [6.45, 7) is 5.83. The van der Waals surface area contributed by atoms with Gasteiger partial charge in [0.15, 0.2) is 0 Å². The maximum atomic E-state index is 11.8. The standard InChI is InChI=1S/C15H22N2O2/c1-2-3-13-19-15(18)17-11-9-16(10-12-17)14-7-5-4-6-8-14/h4-8H,2-3,9-13H2,1H3. The Morgan fingerprint density at radius 3 is 2.47 bits per heavy atom. The van der Waals surface area contributed by atoms with Gasteiger partial charge in [0, 0.05) is 31.9 Å².